The lowest BCUT2D eigenvalue weighted by Gasteiger charge is -2.11. The van der Waals surface area contributed by atoms with E-state index in [-0.39, 0.29) is 0 Å². The van der Waals surface area contributed by atoms with Crippen molar-refractivity contribution in [3.63, 3.8) is 0 Å². The SMILES string of the molecule is OC(c1ccc(C2CC2)cc1)c1cscc1Br. The van der Waals surface area contributed by atoms with E-state index in [4.69, 9.17) is 0 Å². The van der Waals surface area contributed by atoms with Crippen LogP contribution in [0.4, 0.5) is 0 Å². The second-order valence-electron chi connectivity index (χ2n) is 4.52. The Hall–Kier alpha value is -0.640. The third kappa shape index (κ3) is 2.32. The molecule has 1 atom stereocenters. The Morgan fingerprint density at radius 1 is 1.18 bits per heavy atom. The Balaban J connectivity index is 1.86. The van der Waals surface area contributed by atoms with Crippen molar-refractivity contribution in [2.75, 3.05) is 0 Å². The summed E-state index contributed by atoms with van der Waals surface area (Å²) in [5.41, 5.74) is 3.33. The summed E-state index contributed by atoms with van der Waals surface area (Å²) < 4.78 is 0.987. The van der Waals surface area contributed by atoms with Crippen LogP contribution >= 0.6 is 27.3 Å². The maximum atomic E-state index is 10.3. The summed E-state index contributed by atoms with van der Waals surface area (Å²) in [6, 6.07) is 8.39. The first-order valence-corrected chi connectivity index (χ1v) is 7.49. The Kier molecular flexibility index (Phi) is 3.07. The van der Waals surface area contributed by atoms with Gasteiger partial charge in [-0.25, -0.2) is 0 Å². The fourth-order valence-corrected chi connectivity index (χ4v) is 3.57. The van der Waals surface area contributed by atoms with Crippen molar-refractivity contribution < 1.29 is 5.11 Å². The second-order valence-corrected chi connectivity index (χ2v) is 6.12. The molecule has 0 spiro atoms. The van der Waals surface area contributed by atoms with E-state index in [0.717, 1.165) is 21.5 Å². The number of benzene rings is 1. The van der Waals surface area contributed by atoms with Gasteiger partial charge in [-0.05, 0) is 51.2 Å². The largest absolute Gasteiger partial charge is 0.384 e. The van der Waals surface area contributed by atoms with E-state index in [9.17, 15) is 5.11 Å². The molecule has 2 aromatic rings. The van der Waals surface area contributed by atoms with Gasteiger partial charge in [-0.15, -0.1) is 0 Å². The molecule has 1 N–H and O–H groups in total. The third-order valence-corrected chi connectivity index (χ3v) is 4.99. The first-order chi connectivity index (χ1) is 8.25. The van der Waals surface area contributed by atoms with Crippen molar-refractivity contribution in [2.45, 2.75) is 24.9 Å². The van der Waals surface area contributed by atoms with Gasteiger partial charge in [-0.2, -0.15) is 11.3 Å². The Labute approximate surface area is 113 Å². The fraction of sp³-hybridized carbons (Fsp3) is 0.286. The third-order valence-electron chi connectivity index (χ3n) is 3.24. The molecule has 1 heterocycles. The van der Waals surface area contributed by atoms with Crippen molar-refractivity contribution in [3.8, 4) is 0 Å². The highest BCUT2D eigenvalue weighted by atomic mass is 79.9. The molecule has 0 saturated heterocycles. The van der Waals surface area contributed by atoms with Crippen LogP contribution in [0.15, 0.2) is 39.5 Å². The van der Waals surface area contributed by atoms with Crippen LogP contribution in [0, 0.1) is 0 Å². The highest BCUT2D eigenvalue weighted by Crippen LogP contribution is 2.40. The molecule has 0 aliphatic heterocycles. The molecule has 3 rings (SSSR count). The summed E-state index contributed by atoms with van der Waals surface area (Å²) in [5.74, 6) is 0.772. The topological polar surface area (TPSA) is 20.2 Å². The summed E-state index contributed by atoms with van der Waals surface area (Å²) in [6.45, 7) is 0. The summed E-state index contributed by atoms with van der Waals surface area (Å²) in [4.78, 5) is 0. The van der Waals surface area contributed by atoms with Crippen LogP contribution in [0.3, 0.4) is 0 Å². The molecule has 0 amide bonds. The van der Waals surface area contributed by atoms with Gasteiger partial charge in [0.05, 0.1) is 0 Å². The van der Waals surface area contributed by atoms with Crippen molar-refractivity contribution in [1.29, 1.82) is 0 Å². The minimum absolute atomic E-state index is 0.524. The minimum atomic E-state index is -0.524. The van der Waals surface area contributed by atoms with Gasteiger partial charge in [-0.1, -0.05) is 24.3 Å². The van der Waals surface area contributed by atoms with E-state index < -0.39 is 6.10 Å². The summed E-state index contributed by atoms with van der Waals surface area (Å²) in [7, 11) is 0. The zero-order valence-corrected chi connectivity index (χ0v) is 11.7. The van der Waals surface area contributed by atoms with Crippen LogP contribution in [0.25, 0.3) is 0 Å². The van der Waals surface area contributed by atoms with Gasteiger partial charge in [0.2, 0.25) is 0 Å². The van der Waals surface area contributed by atoms with Gasteiger partial charge in [0.15, 0.2) is 0 Å². The minimum Gasteiger partial charge on any atom is -0.384 e. The van der Waals surface area contributed by atoms with Gasteiger partial charge < -0.3 is 5.11 Å². The molecule has 1 unspecified atom stereocenters. The summed E-state index contributed by atoms with van der Waals surface area (Å²) in [5, 5.41) is 14.3. The average Bonchev–Trinajstić information content (AvgIpc) is 3.12. The molecule has 0 radical (unpaired) electrons. The normalized spacial score (nSPS) is 17.1. The van der Waals surface area contributed by atoms with Gasteiger partial charge in [0, 0.05) is 15.4 Å². The maximum Gasteiger partial charge on any atom is 0.106 e. The van der Waals surface area contributed by atoms with E-state index in [1.807, 2.05) is 22.9 Å². The Bertz CT molecular complexity index is 513. The van der Waals surface area contributed by atoms with Gasteiger partial charge in [0.1, 0.15) is 6.10 Å². The quantitative estimate of drug-likeness (QED) is 0.887. The summed E-state index contributed by atoms with van der Waals surface area (Å²) >= 11 is 5.06. The molecule has 88 valence electrons. The van der Waals surface area contributed by atoms with Gasteiger partial charge >= 0.3 is 0 Å². The van der Waals surface area contributed by atoms with Crippen LogP contribution in [0.5, 0.6) is 0 Å². The Morgan fingerprint density at radius 2 is 1.88 bits per heavy atom. The molecular formula is C14H13BrOS. The van der Waals surface area contributed by atoms with E-state index in [0.29, 0.717) is 0 Å². The fourth-order valence-electron chi connectivity index (χ4n) is 2.03. The standard InChI is InChI=1S/C14H13BrOS/c15-13-8-17-7-12(13)14(16)11-5-3-10(4-6-11)9-1-2-9/h3-9,14,16H,1-2H2. The second kappa shape index (κ2) is 4.56. The molecule has 1 aliphatic rings. The van der Waals surface area contributed by atoms with Crippen molar-refractivity contribution in [2.24, 2.45) is 0 Å². The molecule has 1 aliphatic carbocycles. The average molecular weight is 309 g/mol. The molecule has 1 nitrogen and oxygen atoms in total. The predicted octanol–water partition coefficient (Wildman–Crippen LogP) is 4.47. The highest BCUT2D eigenvalue weighted by molar-refractivity contribution is 9.10. The highest BCUT2D eigenvalue weighted by Gasteiger charge is 2.23. The predicted molar refractivity (Wildman–Crippen MR) is 74.5 cm³/mol. The molecule has 3 heteroatoms. The molecular weight excluding hydrogens is 296 g/mol. The van der Waals surface area contributed by atoms with Gasteiger partial charge in [0.25, 0.3) is 0 Å². The number of rotatable bonds is 3. The van der Waals surface area contributed by atoms with Crippen molar-refractivity contribution in [3.05, 3.63) is 56.2 Å². The van der Waals surface area contributed by atoms with Crippen LogP contribution in [0.1, 0.15) is 41.6 Å². The number of hydrogen-bond acceptors (Lipinski definition) is 2. The molecule has 1 aromatic carbocycles. The molecule has 1 fully saturated rings. The van der Waals surface area contributed by atoms with E-state index in [2.05, 4.69) is 28.1 Å². The van der Waals surface area contributed by atoms with Crippen LogP contribution in [0.2, 0.25) is 0 Å². The van der Waals surface area contributed by atoms with Crippen LogP contribution < -0.4 is 0 Å². The zero-order chi connectivity index (χ0) is 11.8. The van der Waals surface area contributed by atoms with Crippen LogP contribution in [-0.4, -0.2) is 5.11 Å². The van der Waals surface area contributed by atoms with Crippen molar-refractivity contribution >= 4 is 27.3 Å². The number of aliphatic hydroxyl groups excluding tert-OH is 1. The monoisotopic (exact) mass is 308 g/mol. The first kappa shape index (κ1) is 11.5. The van der Waals surface area contributed by atoms with E-state index in [1.54, 1.807) is 11.3 Å². The summed E-state index contributed by atoms with van der Waals surface area (Å²) in [6.07, 6.45) is 2.11. The molecule has 1 aromatic heterocycles. The number of halogens is 1. The van der Waals surface area contributed by atoms with E-state index in [1.165, 1.54) is 18.4 Å². The number of thiophene rings is 1. The van der Waals surface area contributed by atoms with Crippen molar-refractivity contribution in [1.82, 2.24) is 0 Å². The van der Waals surface area contributed by atoms with E-state index >= 15 is 0 Å². The van der Waals surface area contributed by atoms with Crippen LogP contribution in [-0.2, 0) is 0 Å². The number of aliphatic hydroxyl groups is 1. The lowest BCUT2D eigenvalue weighted by atomic mass is 10.0. The molecule has 17 heavy (non-hydrogen) atoms. The van der Waals surface area contributed by atoms with Gasteiger partial charge in [-0.3, -0.25) is 0 Å². The first-order valence-electron chi connectivity index (χ1n) is 5.75. The smallest absolute Gasteiger partial charge is 0.106 e. The maximum absolute atomic E-state index is 10.3. The lowest BCUT2D eigenvalue weighted by molar-refractivity contribution is 0.220. The molecule has 0 bridgehead atoms. The molecule has 1 saturated carbocycles. The Morgan fingerprint density at radius 3 is 2.41 bits per heavy atom. The zero-order valence-electron chi connectivity index (χ0n) is 9.27. The number of hydrogen-bond donors (Lipinski definition) is 1. The lowest BCUT2D eigenvalue weighted by Crippen LogP contribution is -1.98.